The highest BCUT2D eigenvalue weighted by Crippen LogP contribution is 2.26. The normalized spacial score (nSPS) is 10.0. The van der Waals surface area contributed by atoms with Crippen molar-refractivity contribution < 1.29 is 14.6 Å². The van der Waals surface area contributed by atoms with Crippen LogP contribution in [0.3, 0.4) is 0 Å². The second-order valence-electron chi connectivity index (χ2n) is 4.52. The minimum absolute atomic E-state index is 0.110. The molecular weight excluding hydrogens is 268 g/mol. The molecule has 0 atom stereocenters. The van der Waals surface area contributed by atoms with Crippen molar-refractivity contribution in [2.24, 2.45) is 0 Å². The van der Waals surface area contributed by atoms with E-state index in [4.69, 9.17) is 4.74 Å². The molecule has 0 saturated heterocycles. The summed E-state index contributed by atoms with van der Waals surface area (Å²) in [5.41, 5.74) is 2.45. The molecule has 0 saturated carbocycles. The number of hydrogen-bond acceptors (Lipinski definition) is 4. The van der Waals surface area contributed by atoms with Gasteiger partial charge in [-0.1, -0.05) is 6.07 Å². The van der Waals surface area contributed by atoms with Gasteiger partial charge in [0.15, 0.2) is 11.5 Å². The summed E-state index contributed by atoms with van der Waals surface area (Å²) in [6.07, 6.45) is 0. The summed E-state index contributed by atoms with van der Waals surface area (Å²) in [6.45, 7) is 0.566. The third-order valence-electron chi connectivity index (χ3n) is 3.11. The maximum Gasteiger partial charge on any atom is 0.251 e. The lowest BCUT2D eigenvalue weighted by Crippen LogP contribution is -2.17. The van der Waals surface area contributed by atoms with Gasteiger partial charge in [-0.15, -0.1) is 0 Å². The number of benzene rings is 2. The van der Waals surface area contributed by atoms with E-state index in [1.54, 1.807) is 31.3 Å². The molecular formula is C16H18N2O3. The number of aromatic hydroxyl groups is 1. The molecule has 3 N–H and O–H groups in total. The molecule has 0 spiro atoms. The molecule has 21 heavy (non-hydrogen) atoms. The number of methoxy groups -OCH3 is 1. The molecule has 1 amide bonds. The van der Waals surface area contributed by atoms with Crippen molar-refractivity contribution >= 4 is 11.6 Å². The van der Waals surface area contributed by atoms with Crippen molar-refractivity contribution in [1.29, 1.82) is 0 Å². The summed E-state index contributed by atoms with van der Waals surface area (Å²) in [5, 5.41) is 15.5. The van der Waals surface area contributed by atoms with Gasteiger partial charge in [0.1, 0.15) is 0 Å². The zero-order chi connectivity index (χ0) is 15.2. The van der Waals surface area contributed by atoms with E-state index < -0.39 is 0 Å². The Morgan fingerprint density at radius 1 is 1.19 bits per heavy atom. The quantitative estimate of drug-likeness (QED) is 0.789. The van der Waals surface area contributed by atoms with Crippen LogP contribution in [-0.2, 0) is 6.54 Å². The van der Waals surface area contributed by atoms with E-state index in [1.807, 2.05) is 18.2 Å². The van der Waals surface area contributed by atoms with Crippen LogP contribution >= 0.6 is 0 Å². The molecule has 0 aromatic heterocycles. The lowest BCUT2D eigenvalue weighted by atomic mass is 10.1. The number of rotatable bonds is 5. The minimum atomic E-state index is -0.110. The molecule has 0 heterocycles. The van der Waals surface area contributed by atoms with E-state index >= 15 is 0 Å². The highest BCUT2D eigenvalue weighted by Gasteiger charge is 2.04. The first kappa shape index (κ1) is 14.7. The topological polar surface area (TPSA) is 70.6 Å². The molecule has 0 bridgehead atoms. The van der Waals surface area contributed by atoms with Gasteiger partial charge in [-0.25, -0.2) is 0 Å². The van der Waals surface area contributed by atoms with Gasteiger partial charge in [0.2, 0.25) is 0 Å². The van der Waals surface area contributed by atoms with Crippen LogP contribution < -0.4 is 15.4 Å². The highest BCUT2D eigenvalue weighted by molar-refractivity contribution is 5.94. The summed E-state index contributed by atoms with van der Waals surface area (Å²) in [6, 6.07) is 12.5. The number of hydrogen-bond donors (Lipinski definition) is 3. The van der Waals surface area contributed by atoms with Gasteiger partial charge in [0.05, 0.1) is 7.11 Å². The second kappa shape index (κ2) is 6.65. The van der Waals surface area contributed by atoms with Crippen LogP contribution in [0.4, 0.5) is 5.69 Å². The SMILES string of the molecule is CNC(=O)c1ccc(NCc2ccc(OC)c(O)c2)cc1. The Balaban J connectivity index is 1.99. The fourth-order valence-electron chi connectivity index (χ4n) is 1.93. The van der Waals surface area contributed by atoms with Crippen molar-refractivity contribution in [1.82, 2.24) is 5.32 Å². The third kappa shape index (κ3) is 3.66. The summed E-state index contributed by atoms with van der Waals surface area (Å²) in [4.78, 5) is 11.4. The van der Waals surface area contributed by atoms with Gasteiger partial charge in [0.25, 0.3) is 5.91 Å². The molecule has 0 aliphatic rings. The molecule has 0 radical (unpaired) electrons. The number of phenols is 1. The predicted molar refractivity (Wildman–Crippen MR) is 81.8 cm³/mol. The molecule has 2 aromatic rings. The fraction of sp³-hybridized carbons (Fsp3) is 0.188. The van der Waals surface area contributed by atoms with Gasteiger partial charge in [-0.05, 0) is 42.0 Å². The Hall–Kier alpha value is -2.69. The third-order valence-corrected chi connectivity index (χ3v) is 3.11. The van der Waals surface area contributed by atoms with E-state index in [1.165, 1.54) is 7.11 Å². The molecule has 110 valence electrons. The van der Waals surface area contributed by atoms with Gasteiger partial charge in [-0.2, -0.15) is 0 Å². The number of amides is 1. The number of carbonyl (C=O) groups excluding carboxylic acids is 1. The van der Waals surface area contributed by atoms with Crippen molar-refractivity contribution in [2.75, 3.05) is 19.5 Å². The highest BCUT2D eigenvalue weighted by atomic mass is 16.5. The summed E-state index contributed by atoms with van der Waals surface area (Å²) < 4.78 is 5.00. The lowest BCUT2D eigenvalue weighted by molar-refractivity contribution is 0.0963. The Morgan fingerprint density at radius 2 is 1.90 bits per heavy atom. The average Bonchev–Trinajstić information content (AvgIpc) is 2.52. The minimum Gasteiger partial charge on any atom is -0.504 e. The van der Waals surface area contributed by atoms with Gasteiger partial charge < -0.3 is 20.5 Å². The Morgan fingerprint density at radius 3 is 2.48 bits per heavy atom. The molecule has 0 aliphatic heterocycles. The number of phenolic OH excluding ortho intramolecular Hbond substituents is 1. The van der Waals surface area contributed by atoms with Crippen molar-refractivity contribution in [2.45, 2.75) is 6.54 Å². The summed E-state index contributed by atoms with van der Waals surface area (Å²) >= 11 is 0. The zero-order valence-corrected chi connectivity index (χ0v) is 12.0. The number of ether oxygens (including phenoxy) is 1. The van der Waals surface area contributed by atoms with E-state index in [0.29, 0.717) is 17.9 Å². The van der Waals surface area contributed by atoms with E-state index in [9.17, 15) is 9.90 Å². The Labute approximate surface area is 123 Å². The van der Waals surface area contributed by atoms with Crippen molar-refractivity contribution in [3.63, 3.8) is 0 Å². The predicted octanol–water partition coefficient (Wildman–Crippen LogP) is 2.37. The van der Waals surface area contributed by atoms with Gasteiger partial charge in [-0.3, -0.25) is 4.79 Å². The molecule has 0 aliphatic carbocycles. The number of nitrogens with one attached hydrogen (secondary N) is 2. The van der Waals surface area contributed by atoms with Crippen LogP contribution in [0.2, 0.25) is 0 Å². The van der Waals surface area contributed by atoms with Crippen molar-refractivity contribution in [3.05, 3.63) is 53.6 Å². The van der Waals surface area contributed by atoms with Crippen LogP contribution in [0.25, 0.3) is 0 Å². The van der Waals surface area contributed by atoms with Crippen LogP contribution in [0.15, 0.2) is 42.5 Å². The first-order valence-corrected chi connectivity index (χ1v) is 6.56. The number of anilines is 1. The van der Waals surface area contributed by atoms with Crippen molar-refractivity contribution in [3.8, 4) is 11.5 Å². The number of carbonyl (C=O) groups is 1. The Bertz CT molecular complexity index is 624. The Kier molecular flexibility index (Phi) is 4.66. The molecule has 0 fully saturated rings. The maximum atomic E-state index is 11.4. The summed E-state index contributed by atoms with van der Waals surface area (Å²) in [5.74, 6) is 0.460. The van der Waals surface area contributed by atoms with Crippen LogP contribution in [0, 0.1) is 0 Å². The second-order valence-corrected chi connectivity index (χ2v) is 4.52. The molecule has 5 nitrogen and oxygen atoms in total. The lowest BCUT2D eigenvalue weighted by Gasteiger charge is -2.09. The fourth-order valence-corrected chi connectivity index (χ4v) is 1.93. The molecule has 0 unspecified atom stereocenters. The largest absolute Gasteiger partial charge is 0.504 e. The summed E-state index contributed by atoms with van der Waals surface area (Å²) in [7, 11) is 3.12. The standard InChI is InChI=1S/C16H18N2O3/c1-17-16(20)12-4-6-13(7-5-12)18-10-11-3-8-15(21-2)14(19)9-11/h3-9,18-19H,10H2,1-2H3,(H,17,20). The van der Waals surface area contributed by atoms with E-state index in [-0.39, 0.29) is 11.7 Å². The smallest absolute Gasteiger partial charge is 0.251 e. The molecule has 2 aromatic carbocycles. The van der Waals surface area contributed by atoms with Gasteiger partial charge >= 0.3 is 0 Å². The molecule has 2 rings (SSSR count). The monoisotopic (exact) mass is 286 g/mol. The van der Waals surface area contributed by atoms with E-state index in [0.717, 1.165) is 11.3 Å². The average molecular weight is 286 g/mol. The first-order chi connectivity index (χ1) is 10.1. The maximum absolute atomic E-state index is 11.4. The van der Waals surface area contributed by atoms with Crippen LogP contribution in [0.1, 0.15) is 15.9 Å². The van der Waals surface area contributed by atoms with Gasteiger partial charge in [0, 0.05) is 24.8 Å². The first-order valence-electron chi connectivity index (χ1n) is 6.56. The van der Waals surface area contributed by atoms with Crippen LogP contribution in [-0.4, -0.2) is 25.2 Å². The molecule has 5 heteroatoms. The zero-order valence-electron chi connectivity index (χ0n) is 12.0. The van der Waals surface area contributed by atoms with E-state index in [2.05, 4.69) is 10.6 Å². The van der Waals surface area contributed by atoms with Crippen LogP contribution in [0.5, 0.6) is 11.5 Å².